The van der Waals surface area contributed by atoms with Crippen LogP contribution in [0, 0.1) is 0 Å². The molecular formula is C13H17NO4. The van der Waals surface area contributed by atoms with E-state index in [-0.39, 0.29) is 0 Å². The molecule has 0 atom stereocenters. The summed E-state index contributed by atoms with van der Waals surface area (Å²) in [6.45, 7) is 1.77. The first-order valence-corrected chi connectivity index (χ1v) is 5.36. The first kappa shape index (κ1) is 13.9. The zero-order chi connectivity index (χ0) is 13.5. The number of esters is 1. The first-order chi connectivity index (χ1) is 8.60. The highest BCUT2D eigenvalue weighted by molar-refractivity contribution is 5.83. The largest absolute Gasteiger partial charge is 0.493 e. The summed E-state index contributed by atoms with van der Waals surface area (Å²) in [6, 6.07) is 5.40. The third-order valence-electron chi connectivity index (χ3n) is 2.26. The van der Waals surface area contributed by atoms with Gasteiger partial charge in [-0.1, -0.05) is 0 Å². The van der Waals surface area contributed by atoms with Crippen LogP contribution in [0.25, 0.3) is 0 Å². The van der Waals surface area contributed by atoms with E-state index < -0.39 is 5.97 Å². The number of carbonyl (C=O) groups is 1. The number of anilines is 1. The van der Waals surface area contributed by atoms with E-state index >= 15 is 0 Å². The summed E-state index contributed by atoms with van der Waals surface area (Å²) < 4.78 is 14.9. The van der Waals surface area contributed by atoms with Crippen molar-refractivity contribution in [3.8, 4) is 11.5 Å². The smallest absolute Gasteiger partial charge is 0.332 e. The molecule has 0 unspecified atom stereocenters. The Morgan fingerprint density at radius 3 is 2.39 bits per heavy atom. The zero-order valence-corrected chi connectivity index (χ0v) is 10.9. The van der Waals surface area contributed by atoms with E-state index in [1.165, 1.54) is 13.2 Å². The van der Waals surface area contributed by atoms with Crippen LogP contribution in [0.4, 0.5) is 5.69 Å². The molecule has 0 aliphatic heterocycles. The summed E-state index contributed by atoms with van der Waals surface area (Å²) in [5.74, 6) is 0.867. The Morgan fingerprint density at radius 1 is 1.17 bits per heavy atom. The summed E-state index contributed by atoms with van der Waals surface area (Å²) in [5.41, 5.74) is 1.47. The molecule has 18 heavy (non-hydrogen) atoms. The van der Waals surface area contributed by atoms with Crippen molar-refractivity contribution in [2.24, 2.45) is 0 Å². The first-order valence-electron chi connectivity index (χ1n) is 5.36. The van der Waals surface area contributed by atoms with Crippen molar-refractivity contribution >= 4 is 11.7 Å². The molecule has 0 saturated heterocycles. The van der Waals surface area contributed by atoms with E-state index in [1.807, 2.05) is 6.07 Å². The van der Waals surface area contributed by atoms with Gasteiger partial charge in [0.05, 0.1) is 21.3 Å². The Kier molecular flexibility index (Phi) is 5.05. The lowest BCUT2D eigenvalue weighted by atomic mass is 10.2. The van der Waals surface area contributed by atoms with Crippen LogP contribution in [0.2, 0.25) is 0 Å². The van der Waals surface area contributed by atoms with Crippen molar-refractivity contribution in [2.45, 2.75) is 6.92 Å². The quantitative estimate of drug-likeness (QED) is 0.642. The number of hydrogen-bond acceptors (Lipinski definition) is 5. The Hall–Kier alpha value is -2.17. The van der Waals surface area contributed by atoms with Gasteiger partial charge in [-0.3, -0.25) is 0 Å². The van der Waals surface area contributed by atoms with Crippen LogP contribution in [0.15, 0.2) is 30.0 Å². The van der Waals surface area contributed by atoms with Crippen LogP contribution in [-0.2, 0) is 9.53 Å². The maximum Gasteiger partial charge on any atom is 0.332 e. The Balaban J connectivity index is 2.85. The van der Waals surface area contributed by atoms with Gasteiger partial charge in [0, 0.05) is 23.5 Å². The highest BCUT2D eigenvalue weighted by Crippen LogP contribution is 2.30. The van der Waals surface area contributed by atoms with Crippen molar-refractivity contribution in [3.05, 3.63) is 30.0 Å². The van der Waals surface area contributed by atoms with Gasteiger partial charge in [0.15, 0.2) is 11.5 Å². The standard InChI is InChI=1S/C13H17NO4/c1-9(7-13(15)18-4)14-10-5-6-11(16-2)12(8-10)17-3/h5-8,14H,1-4H3/b9-7+. The van der Waals surface area contributed by atoms with E-state index in [0.717, 1.165) is 5.69 Å². The van der Waals surface area contributed by atoms with Crippen molar-refractivity contribution in [1.29, 1.82) is 0 Å². The van der Waals surface area contributed by atoms with Crippen LogP contribution in [0.5, 0.6) is 11.5 Å². The molecule has 0 spiro atoms. The molecule has 1 rings (SSSR count). The third kappa shape index (κ3) is 3.69. The fourth-order valence-corrected chi connectivity index (χ4v) is 1.41. The van der Waals surface area contributed by atoms with Crippen LogP contribution in [0.3, 0.4) is 0 Å². The van der Waals surface area contributed by atoms with Gasteiger partial charge in [0.25, 0.3) is 0 Å². The molecule has 0 saturated carbocycles. The summed E-state index contributed by atoms with van der Waals surface area (Å²) in [4.78, 5) is 11.1. The number of rotatable bonds is 5. The van der Waals surface area contributed by atoms with E-state index in [1.54, 1.807) is 33.3 Å². The topological polar surface area (TPSA) is 56.8 Å². The minimum absolute atomic E-state index is 0.402. The number of hydrogen-bond donors (Lipinski definition) is 1. The Labute approximate surface area is 106 Å². The summed E-state index contributed by atoms with van der Waals surface area (Å²) >= 11 is 0. The van der Waals surface area contributed by atoms with E-state index in [4.69, 9.17) is 9.47 Å². The average molecular weight is 251 g/mol. The molecular weight excluding hydrogens is 234 g/mol. The molecule has 0 aliphatic rings. The van der Waals surface area contributed by atoms with Gasteiger partial charge in [0.1, 0.15) is 0 Å². The van der Waals surface area contributed by atoms with E-state index in [0.29, 0.717) is 17.2 Å². The summed E-state index contributed by atoms with van der Waals surface area (Å²) in [6.07, 6.45) is 1.37. The molecule has 0 bridgehead atoms. The molecule has 0 fully saturated rings. The van der Waals surface area contributed by atoms with Gasteiger partial charge in [0.2, 0.25) is 0 Å². The fraction of sp³-hybridized carbons (Fsp3) is 0.308. The van der Waals surface area contributed by atoms with Crippen LogP contribution >= 0.6 is 0 Å². The molecule has 0 aromatic heterocycles. The van der Waals surface area contributed by atoms with Gasteiger partial charge in [-0.25, -0.2) is 4.79 Å². The van der Waals surface area contributed by atoms with E-state index in [2.05, 4.69) is 10.1 Å². The molecule has 1 aromatic carbocycles. The number of ether oxygens (including phenoxy) is 3. The number of carbonyl (C=O) groups excluding carboxylic acids is 1. The molecule has 1 N–H and O–H groups in total. The van der Waals surface area contributed by atoms with Gasteiger partial charge in [-0.15, -0.1) is 0 Å². The monoisotopic (exact) mass is 251 g/mol. The average Bonchev–Trinajstić information content (AvgIpc) is 2.38. The molecule has 1 aromatic rings. The van der Waals surface area contributed by atoms with Gasteiger partial charge in [-0.2, -0.15) is 0 Å². The second kappa shape index (κ2) is 6.54. The van der Waals surface area contributed by atoms with Crippen LogP contribution in [-0.4, -0.2) is 27.3 Å². The van der Waals surface area contributed by atoms with Crippen molar-refractivity contribution < 1.29 is 19.0 Å². The lowest BCUT2D eigenvalue weighted by molar-refractivity contribution is -0.134. The molecule has 5 heteroatoms. The molecule has 0 heterocycles. The molecule has 98 valence electrons. The molecule has 0 radical (unpaired) electrons. The van der Waals surface area contributed by atoms with Crippen molar-refractivity contribution in [2.75, 3.05) is 26.6 Å². The predicted octanol–water partition coefficient (Wildman–Crippen LogP) is 2.19. The maximum absolute atomic E-state index is 11.1. The lowest BCUT2D eigenvalue weighted by Gasteiger charge is -2.11. The number of nitrogens with one attached hydrogen (secondary N) is 1. The highest BCUT2D eigenvalue weighted by atomic mass is 16.5. The Bertz CT molecular complexity index is 454. The lowest BCUT2D eigenvalue weighted by Crippen LogP contribution is -2.02. The minimum Gasteiger partial charge on any atom is -0.493 e. The summed E-state index contributed by atoms with van der Waals surface area (Å²) in [5, 5.41) is 3.06. The van der Waals surface area contributed by atoms with Gasteiger partial charge >= 0.3 is 5.97 Å². The predicted molar refractivity (Wildman–Crippen MR) is 68.9 cm³/mol. The maximum atomic E-state index is 11.1. The number of methoxy groups -OCH3 is 3. The fourth-order valence-electron chi connectivity index (χ4n) is 1.41. The second-order valence-electron chi connectivity index (χ2n) is 3.55. The van der Waals surface area contributed by atoms with Crippen LogP contribution < -0.4 is 14.8 Å². The SMILES string of the molecule is COC(=O)/C=C(\C)Nc1ccc(OC)c(OC)c1. The van der Waals surface area contributed by atoms with Gasteiger partial charge < -0.3 is 19.5 Å². The van der Waals surface area contributed by atoms with E-state index in [9.17, 15) is 4.79 Å². The van der Waals surface area contributed by atoms with Crippen molar-refractivity contribution in [1.82, 2.24) is 0 Å². The molecule has 0 aliphatic carbocycles. The van der Waals surface area contributed by atoms with Crippen molar-refractivity contribution in [3.63, 3.8) is 0 Å². The molecule has 5 nitrogen and oxygen atoms in total. The third-order valence-corrected chi connectivity index (χ3v) is 2.26. The number of allylic oxidation sites excluding steroid dienone is 1. The summed E-state index contributed by atoms with van der Waals surface area (Å²) in [7, 11) is 4.48. The Morgan fingerprint density at radius 2 is 1.83 bits per heavy atom. The second-order valence-corrected chi connectivity index (χ2v) is 3.55. The number of benzene rings is 1. The van der Waals surface area contributed by atoms with Crippen LogP contribution in [0.1, 0.15) is 6.92 Å². The minimum atomic E-state index is -0.402. The highest BCUT2D eigenvalue weighted by Gasteiger charge is 2.05. The van der Waals surface area contributed by atoms with Gasteiger partial charge in [-0.05, 0) is 19.1 Å². The molecule has 0 amide bonds. The zero-order valence-electron chi connectivity index (χ0n) is 10.9. The normalized spacial score (nSPS) is 10.8.